The van der Waals surface area contributed by atoms with Crippen molar-refractivity contribution in [2.45, 2.75) is 25.5 Å². The van der Waals surface area contributed by atoms with Gasteiger partial charge in [-0.2, -0.15) is 0 Å². The zero-order valence-electron chi connectivity index (χ0n) is 17.3. The fourth-order valence-corrected chi connectivity index (χ4v) is 4.49. The topological polar surface area (TPSA) is 76.1 Å². The summed E-state index contributed by atoms with van der Waals surface area (Å²) in [4.78, 5) is 28.1. The van der Waals surface area contributed by atoms with Crippen LogP contribution < -0.4 is 14.4 Å². The van der Waals surface area contributed by atoms with Gasteiger partial charge in [-0.05, 0) is 48.9 Å². The number of hydrogen-bond donors (Lipinski definition) is 1. The molecule has 0 bridgehead atoms. The lowest BCUT2D eigenvalue weighted by atomic mass is 9.88. The number of ether oxygens (including phenoxy) is 2. The van der Waals surface area contributed by atoms with Crippen molar-refractivity contribution in [1.82, 2.24) is 0 Å². The molecule has 0 aromatic heterocycles. The second-order valence-corrected chi connectivity index (χ2v) is 8.98. The molecule has 2 aliphatic rings. The molecule has 3 aromatic rings. The molecule has 162 valence electrons. The maximum atomic E-state index is 13.5. The van der Waals surface area contributed by atoms with Gasteiger partial charge in [-0.3, -0.25) is 9.59 Å². The van der Waals surface area contributed by atoms with E-state index < -0.39 is 11.5 Å². The summed E-state index contributed by atoms with van der Waals surface area (Å²) in [7, 11) is 0. The first-order valence-corrected chi connectivity index (χ1v) is 11.0. The summed E-state index contributed by atoms with van der Waals surface area (Å²) in [6.45, 7) is 2.40. The third-order valence-corrected chi connectivity index (χ3v) is 6.36. The minimum atomic E-state index is -1.96. The third-order valence-electron chi connectivity index (χ3n) is 5.87. The van der Waals surface area contributed by atoms with E-state index in [1.54, 1.807) is 35.2 Å². The Morgan fingerprint density at radius 1 is 1.06 bits per heavy atom. The molecule has 0 fully saturated rings. The number of aliphatic hydroxyl groups is 1. The summed E-state index contributed by atoms with van der Waals surface area (Å²) >= 11 is 3.42. The first-order valence-electron chi connectivity index (χ1n) is 10.2. The van der Waals surface area contributed by atoms with E-state index >= 15 is 0 Å². The van der Waals surface area contributed by atoms with Gasteiger partial charge in [0.1, 0.15) is 0 Å². The molecule has 2 heterocycles. The average Bonchev–Trinajstić information content (AvgIpc) is 3.32. The Hall–Kier alpha value is -3.16. The molecule has 32 heavy (non-hydrogen) atoms. The lowest BCUT2D eigenvalue weighted by molar-refractivity contribution is -0.136. The number of halogens is 1. The van der Waals surface area contributed by atoms with Crippen LogP contribution in [0.4, 0.5) is 5.69 Å². The number of benzene rings is 3. The molecule has 5 rings (SSSR count). The number of rotatable bonds is 5. The highest BCUT2D eigenvalue weighted by molar-refractivity contribution is 9.10. The van der Waals surface area contributed by atoms with Gasteiger partial charge in [-0.25, -0.2) is 0 Å². The van der Waals surface area contributed by atoms with Gasteiger partial charge in [-0.15, -0.1) is 0 Å². The van der Waals surface area contributed by atoms with Crippen LogP contribution in [0.3, 0.4) is 0 Å². The van der Waals surface area contributed by atoms with Crippen LogP contribution in [0.2, 0.25) is 0 Å². The average molecular weight is 494 g/mol. The van der Waals surface area contributed by atoms with Crippen LogP contribution in [-0.4, -0.2) is 23.6 Å². The number of aryl methyl sites for hydroxylation is 1. The molecule has 3 aromatic carbocycles. The number of carbonyl (C=O) groups is 2. The highest BCUT2D eigenvalue weighted by atomic mass is 79.9. The van der Waals surface area contributed by atoms with Gasteiger partial charge < -0.3 is 19.5 Å². The van der Waals surface area contributed by atoms with Crippen molar-refractivity contribution in [2.75, 3.05) is 11.7 Å². The van der Waals surface area contributed by atoms with Crippen LogP contribution >= 0.6 is 15.9 Å². The quantitative estimate of drug-likeness (QED) is 0.529. The van der Waals surface area contributed by atoms with Crippen molar-refractivity contribution in [2.24, 2.45) is 0 Å². The van der Waals surface area contributed by atoms with E-state index in [-0.39, 0.29) is 19.0 Å². The second kappa shape index (κ2) is 7.76. The van der Waals surface area contributed by atoms with Crippen LogP contribution in [0.5, 0.6) is 11.5 Å². The van der Waals surface area contributed by atoms with Crippen LogP contribution in [0.1, 0.15) is 33.5 Å². The minimum absolute atomic E-state index is 0.102. The van der Waals surface area contributed by atoms with Crippen LogP contribution in [-0.2, 0) is 16.9 Å². The summed E-state index contributed by atoms with van der Waals surface area (Å²) in [5.41, 5.74) is 1.46. The third kappa shape index (κ3) is 3.47. The van der Waals surface area contributed by atoms with Gasteiger partial charge >= 0.3 is 0 Å². The van der Waals surface area contributed by atoms with Gasteiger partial charge in [0, 0.05) is 15.6 Å². The maximum Gasteiger partial charge on any atom is 0.264 e. The monoisotopic (exact) mass is 493 g/mol. The maximum absolute atomic E-state index is 13.5. The van der Waals surface area contributed by atoms with Gasteiger partial charge in [0.2, 0.25) is 6.79 Å². The van der Waals surface area contributed by atoms with Gasteiger partial charge in [-0.1, -0.05) is 45.8 Å². The molecule has 0 aliphatic carbocycles. The number of fused-ring (bicyclic) bond motifs is 2. The molecule has 0 saturated heterocycles. The normalized spacial score (nSPS) is 18.7. The van der Waals surface area contributed by atoms with Crippen LogP contribution in [0, 0.1) is 6.92 Å². The zero-order valence-corrected chi connectivity index (χ0v) is 18.9. The molecule has 2 aliphatic heterocycles. The Morgan fingerprint density at radius 2 is 1.81 bits per heavy atom. The first kappa shape index (κ1) is 20.7. The fourth-order valence-electron chi connectivity index (χ4n) is 4.13. The smallest absolute Gasteiger partial charge is 0.264 e. The highest BCUT2D eigenvalue weighted by Gasteiger charge is 2.51. The summed E-state index contributed by atoms with van der Waals surface area (Å²) < 4.78 is 11.4. The first-order chi connectivity index (χ1) is 15.3. The number of Topliss-reactive ketones (excluding diaryl/α,β-unsaturated/α-hetero) is 1. The van der Waals surface area contributed by atoms with E-state index in [0.29, 0.717) is 34.9 Å². The van der Waals surface area contributed by atoms with Crippen molar-refractivity contribution in [1.29, 1.82) is 0 Å². The number of nitrogens with zero attached hydrogens (tertiary/aromatic N) is 1. The van der Waals surface area contributed by atoms with E-state index in [4.69, 9.17) is 9.47 Å². The second-order valence-electron chi connectivity index (χ2n) is 8.07. The lowest BCUT2D eigenvalue weighted by Crippen LogP contribution is -2.41. The van der Waals surface area contributed by atoms with Gasteiger partial charge in [0.25, 0.3) is 5.91 Å². The van der Waals surface area contributed by atoms with Crippen molar-refractivity contribution in [3.05, 3.63) is 87.4 Å². The number of hydrogen-bond acceptors (Lipinski definition) is 5. The summed E-state index contributed by atoms with van der Waals surface area (Å²) in [5.74, 6) is 0.169. The van der Waals surface area contributed by atoms with Gasteiger partial charge in [0.15, 0.2) is 22.9 Å². The molecule has 7 heteroatoms. The largest absolute Gasteiger partial charge is 0.454 e. The molecule has 0 radical (unpaired) electrons. The minimum Gasteiger partial charge on any atom is -0.454 e. The van der Waals surface area contributed by atoms with E-state index in [9.17, 15) is 14.7 Å². The zero-order chi connectivity index (χ0) is 22.5. The molecular weight excluding hydrogens is 474 g/mol. The number of ketones is 1. The molecule has 1 atom stereocenters. The van der Waals surface area contributed by atoms with E-state index in [1.165, 1.54) is 0 Å². The Morgan fingerprint density at radius 3 is 2.59 bits per heavy atom. The van der Waals surface area contributed by atoms with Crippen LogP contribution in [0.25, 0.3) is 0 Å². The molecule has 6 nitrogen and oxygen atoms in total. The Labute approximate surface area is 193 Å². The molecule has 1 amide bonds. The summed E-state index contributed by atoms with van der Waals surface area (Å²) in [6, 6.07) is 18.0. The molecule has 0 spiro atoms. The predicted molar refractivity (Wildman–Crippen MR) is 122 cm³/mol. The molecule has 0 saturated carbocycles. The molecule has 0 unspecified atom stereocenters. The summed E-state index contributed by atoms with van der Waals surface area (Å²) in [5, 5.41) is 11.6. The Balaban J connectivity index is 1.48. The number of carbonyl (C=O) groups excluding carboxylic acids is 2. The van der Waals surface area contributed by atoms with Crippen molar-refractivity contribution in [3.8, 4) is 11.5 Å². The fraction of sp³-hybridized carbons (Fsp3) is 0.200. The Bertz CT molecular complexity index is 1240. The SMILES string of the molecule is Cc1ccc(CN2C(=O)[C@@](O)(CC(=O)c3ccc4c(c3)OCO4)c3cc(Br)ccc32)cc1. The van der Waals surface area contributed by atoms with E-state index in [1.807, 2.05) is 37.3 Å². The van der Waals surface area contributed by atoms with Crippen molar-refractivity contribution in [3.63, 3.8) is 0 Å². The van der Waals surface area contributed by atoms with Gasteiger partial charge in [0.05, 0.1) is 18.7 Å². The number of amides is 1. The predicted octanol–water partition coefficient (Wildman–Crippen LogP) is 4.49. The standard InChI is InChI=1S/C25H20BrNO5/c1-15-2-4-16(5-3-15)13-27-20-8-7-18(26)11-19(20)25(30,24(27)29)12-21(28)17-6-9-22-23(10-17)32-14-31-22/h2-11,30H,12-14H2,1H3/t25-/m1/s1. The van der Waals surface area contributed by atoms with Crippen LogP contribution in [0.15, 0.2) is 65.1 Å². The lowest BCUT2D eigenvalue weighted by Gasteiger charge is -2.23. The van der Waals surface area contributed by atoms with E-state index in [2.05, 4.69) is 15.9 Å². The molecular formula is C25H20BrNO5. The molecule has 1 N–H and O–H groups in total. The summed E-state index contributed by atoms with van der Waals surface area (Å²) in [6.07, 6.45) is -0.376. The van der Waals surface area contributed by atoms with Crippen molar-refractivity contribution < 1.29 is 24.2 Å². The number of anilines is 1. The van der Waals surface area contributed by atoms with E-state index in [0.717, 1.165) is 15.6 Å². The highest BCUT2D eigenvalue weighted by Crippen LogP contribution is 2.45. The van der Waals surface area contributed by atoms with Crippen molar-refractivity contribution >= 4 is 33.3 Å². The Kier molecular flexibility index (Phi) is 5.03.